The molecular weight excluding hydrogens is 502 g/mol. The molecule has 4 aliphatic carbocycles. The van der Waals surface area contributed by atoms with Crippen molar-refractivity contribution < 1.29 is 16.8 Å². The Hall–Kier alpha value is -2.90. The summed E-state index contributed by atoms with van der Waals surface area (Å²) in [6.07, 6.45) is 3.82. The fourth-order valence-electron chi connectivity index (χ4n) is 9.32. The van der Waals surface area contributed by atoms with Gasteiger partial charge < -0.3 is 4.90 Å². The second-order valence-electron chi connectivity index (χ2n) is 11.2. The molecule has 5 aliphatic rings. The Labute approximate surface area is 217 Å². The van der Waals surface area contributed by atoms with Crippen molar-refractivity contribution in [2.45, 2.75) is 46.6 Å². The summed E-state index contributed by atoms with van der Waals surface area (Å²) in [5, 5.41) is 0. The van der Waals surface area contributed by atoms with E-state index in [0.717, 1.165) is 24.9 Å². The van der Waals surface area contributed by atoms with Gasteiger partial charge in [-0.15, -0.1) is 0 Å². The van der Waals surface area contributed by atoms with Crippen molar-refractivity contribution in [3.8, 4) is 0 Å². The van der Waals surface area contributed by atoms with Crippen LogP contribution >= 0.6 is 0 Å². The maximum Gasteiger partial charge on any atom is 0.204 e. The Morgan fingerprint density at radius 1 is 0.568 bits per heavy atom. The molecule has 3 saturated carbocycles. The zero-order valence-corrected chi connectivity index (χ0v) is 21.8. The topological polar surface area (TPSA) is 71.3 Å². The molecule has 0 aromatic heterocycles. The van der Waals surface area contributed by atoms with Crippen molar-refractivity contribution >= 4 is 25.4 Å². The molecule has 5 nitrogen and oxygen atoms in total. The monoisotopic (exact) mass is 529 g/mol. The van der Waals surface area contributed by atoms with Crippen LogP contribution < -0.4 is 4.90 Å². The number of anilines is 1. The third kappa shape index (κ3) is 2.33. The molecule has 37 heavy (non-hydrogen) atoms. The minimum absolute atomic E-state index is 0.161. The van der Waals surface area contributed by atoms with Gasteiger partial charge in [-0.3, -0.25) is 0 Å². The average Bonchev–Trinajstić information content (AvgIpc) is 3.39. The summed E-state index contributed by atoms with van der Waals surface area (Å²) in [4.78, 5) is 3.15. The average molecular weight is 530 g/mol. The first-order valence-corrected chi connectivity index (χ1v) is 16.0. The van der Waals surface area contributed by atoms with E-state index in [1.54, 1.807) is 60.7 Å². The second kappa shape index (κ2) is 6.94. The number of hydrogen-bond acceptors (Lipinski definition) is 5. The summed E-state index contributed by atoms with van der Waals surface area (Å²) in [5.41, 5.74) is 0.465. The number of para-hydroxylation sites is 1. The summed E-state index contributed by atoms with van der Waals surface area (Å²) in [6, 6.07) is 27.0. The third-order valence-corrected chi connectivity index (χ3v) is 14.2. The first-order valence-electron chi connectivity index (χ1n) is 13.1. The van der Waals surface area contributed by atoms with Gasteiger partial charge >= 0.3 is 0 Å². The van der Waals surface area contributed by atoms with Crippen LogP contribution in [-0.4, -0.2) is 27.9 Å². The molecule has 7 heteroatoms. The van der Waals surface area contributed by atoms with E-state index in [0.29, 0.717) is 18.3 Å². The quantitative estimate of drug-likeness (QED) is 0.424. The summed E-state index contributed by atoms with van der Waals surface area (Å²) in [6.45, 7) is 0. The third-order valence-electron chi connectivity index (χ3n) is 10.1. The molecule has 3 aromatic carbocycles. The molecule has 3 aromatic rings. The Morgan fingerprint density at radius 2 is 0.973 bits per heavy atom. The molecule has 1 heterocycles. The molecule has 0 spiro atoms. The second-order valence-corrected chi connectivity index (χ2v) is 15.1. The van der Waals surface area contributed by atoms with E-state index in [9.17, 15) is 16.8 Å². The largest absolute Gasteiger partial charge is 0.354 e. The Kier molecular flexibility index (Phi) is 4.15. The molecule has 4 bridgehead atoms. The van der Waals surface area contributed by atoms with Crippen LogP contribution in [0, 0.1) is 23.7 Å². The fraction of sp³-hybridized carbons (Fsp3) is 0.333. The molecule has 0 radical (unpaired) electrons. The lowest BCUT2D eigenvalue weighted by Crippen LogP contribution is -2.41. The summed E-state index contributed by atoms with van der Waals surface area (Å²) in [7, 11) is -8.02. The number of sulfone groups is 2. The van der Waals surface area contributed by atoms with E-state index in [4.69, 9.17) is 0 Å². The van der Waals surface area contributed by atoms with Crippen molar-refractivity contribution in [1.82, 2.24) is 0 Å². The number of hydrogen-bond donors (Lipinski definition) is 0. The van der Waals surface area contributed by atoms with Gasteiger partial charge in [-0.1, -0.05) is 54.6 Å². The van der Waals surface area contributed by atoms with Crippen LogP contribution in [-0.2, 0) is 19.7 Å². The highest BCUT2D eigenvalue weighted by Crippen LogP contribution is 2.87. The predicted molar refractivity (Wildman–Crippen MR) is 141 cm³/mol. The van der Waals surface area contributed by atoms with Crippen molar-refractivity contribution in [2.75, 3.05) is 4.90 Å². The molecule has 6 atom stereocenters. The van der Waals surface area contributed by atoms with E-state index >= 15 is 0 Å². The summed E-state index contributed by atoms with van der Waals surface area (Å²) < 4.78 is 57.5. The van der Waals surface area contributed by atoms with Crippen LogP contribution in [0.4, 0.5) is 5.69 Å². The van der Waals surface area contributed by atoms with E-state index in [1.807, 2.05) is 18.2 Å². The van der Waals surface area contributed by atoms with Gasteiger partial charge in [0, 0.05) is 17.5 Å². The van der Waals surface area contributed by atoms with E-state index in [-0.39, 0.29) is 42.5 Å². The van der Waals surface area contributed by atoms with Crippen LogP contribution in [0.1, 0.15) is 25.7 Å². The molecule has 1 saturated heterocycles. The number of piperidine rings is 2. The van der Waals surface area contributed by atoms with E-state index in [1.165, 1.54) is 0 Å². The lowest BCUT2D eigenvalue weighted by Gasteiger charge is -2.32. The molecule has 0 unspecified atom stereocenters. The molecular formula is C30H27NO4S2. The van der Waals surface area contributed by atoms with E-state index < -0.39 is 19.7 Å². The van der Waals surface area contributed by atoms with Crippen molar-refractivity contribution in [3.63, 3.8) is 0 Å². The predicted octanol–water partition coefficient (Wildman–Crippen LogP) is 5.22. The normalized spacial score (nSPS) is 35.1. The Bertz CT molecular complexity index is 1580. The van der Waals surface area contributed by atoms with Gasteiger partial charge in [-0.2, -0.15) is 0 Å². The summed E-state index contributed by atoms with van der Waals surface area (Å²) >= 11 is 0. The van der Waals surface area contributed by atoms with E-state index in [2.05, 4.69) is 17.0 Å². The smallest absolute Gasteiger partial charge is 0.204 e. The highest BCUT2D eigenvalue weighted by Gasteiger charge is 2.95. The van der Waals surface area contributed by atoms with Gasteiger partial charge in [0.15, 0.2) is 0 Å². The molecule has 1 aliphatic heterocycles. The van der Waals surface area contributed by atoms with Crippen LogP contribution in [0.15, 0.2) is 111 Å². The van der Waals surface area contributed by atoms with Crippen LogP contribution in [0.25, 0.3) is 0 Å². The van der Waals surface area contributed by atoms with Gasteiger partial charge in [0.2, 0.25) is 19.7 Å². The maximum atomic E-state index is 14.4. The van der Waals surface area contributed by atoms with Crippen molar-refractivity contribution in [2.24, 2.45) is 23.7 Å². The molecule has 8 rings (SSSR count). The van der Waals surface area contributed by atoms with Gasteiger partial charge in [0.05, 0.1) is 30.7 Å². The number of nitrogens with zero attached hydrogens (tertiary/aromatic N) is 1. The highest BCUT2D eigenvalue weighted by molar-refractivity contribution is 7.99. The maximum absolute atomic E-state index is 14.4. The lowest BCUT2D eigenvalue weighted by atomic mass is 9.73. The van der Waals surface area contributed by atoms with Gasteiger partial charge in [0.1, 0.15) is 0 Å². The highest BCUT2D eigenvalue weighted by atomic mass is 32.2. The molecule has 0 amide bonds. The minimum Gasteiger partial charge on any atom is -0.354 e. The van der Waals surface area contributed by atoms with Gasteiger partial charge in [-0.05, 0) is 73.9 Å². The molecule has 0 N–H and O–H groups in total. The number of fused-ring (bicyclic) bond motifs is 4. The first-order chi connectivity index (χ1) is 17.9. The summed E-state index contributed by atoms with van der Waals surface area (Å²) in [5.74, 6) is 0.114. The molecule has 4 fully saturated rings. The van der Waals surface area contributed by atoms with Gasteiger partial charge in [-0.25, -0.2) is 16.8 Å². The van der Waals surface area contributed by atoms with Gasteiger partial charge in [0.25, 0.3) is 0 Å². The zero-order valence-electron chi connectivity index (χ0n) is 20.2. The van der Waals surface area contributed by atoms with Crippen molar-refractivity contribution in [3.05, 3.63) is 101 Å². The van der Waals surface area contributed by atoms with Crippen molar-refractivity contribution in [1.29, 1.82) is 0 Å². The van der Waals surface area contributed by atoms with Crippen LogP contribution in [0.2, 0.25) is 0 Å². The Morgan fingerprint density at radius 3 is 1.41 bits per heavy atom. The van der Waals surface area contributed by atoms with Crippen LogP contribution in [0.3, 0.4) is 0 Å². The number of benzene rings is 3. The standard InChI is InChI=1S/C30H27NO4S2/c32-36(33,23-12-6-2-7-13-23)27-25-19-26(28(27)37(34,35)24-14-8-3-9-15-24)30-21-17-16-20(18-21)29(25,30)31(30)22-10-4-1-5-11-22/h1-15,20-21,25-26H,16-19H2/t20-,21-,25+,26+,29+,30+/m0/s1. The lowest BCUT2D eigenvalue weighted by molar-refractivity contribution is 0.330. The number of rotatable bonds is 5. The van der Waals surface area contributed by atoms with Crippen LogP contribution in [0.5, 0.6) is 0 Å². The SMILES string of the molecule is O=S(=O)(C1=C(S(=O)(=O)c2ccccc2)[C@H]2C[C@H]1[C@]13[C@H]4CC[C@@H](C4)[C@@]21N3c1ccccc1)c1ccccc1. The molecule has 188 valence electrons. The minimum atomic E-state index is -4.01. The first kappa shape index (κ1) is 22.1. The fourth-order valence-corrected chi connectivity index (χ4v) is 13.6. The Balaban J connectivity index is 1.42. The zero-order chi connectivity index (χ0) is 25.2.